The summed E-state index contributed by atoms with van der Waals surface area (Å²) >= 11 is 0. The van der Waals surface area contributed by atoms with Crippen LogP contribution in [0.4, 0.5) is 0 Å². The molecular weight excluding hydrogens is 204 g/mol. The van der Waals surface area contributed by atoms with E-state index in [1.165, 1.54) is 0 Å². The van der Waals surface area contributed by atoms with Gasteiger partial charge in [0.25, 0.3) is 0 Å². The number of nitriles is 1. The summed E-state index contributed by atoms with van der Waals surface area (Å²) in [5, 5.41) is 20.3. The summed E-state index contributed by atoms with van der Waals surface area (Å²) in [6.45, 7) is 2.55. The Labute approximate surface area is 95.5 Å². The van der Waals surface area contributed by atoms with Gasteiger partial charge in [-0.05, 0) is 17.7 Å². The third-order valence-corrected chi connectivity index (χ3v) is 2.07. The lowest BCUT2D eigenvalue weighted by Gasteiger charge is -2.05. The molecule has 0 radical (unpaired) electrons. The number of benzene rings is 1. The number of aliphatic hydroxyl groups excluding tert-OH is 1. The predicted molar refractivity (Wildman–Crippen MR) is 60.8 cm³/mol. The van der Waals surface area contributed by atoms with Gasteiger partial charge in [-0.1, -0.05) is 12.1 Å². The Kier molecular flexibility index (Phi) is 6.19. The first-order valence-corrected chi connectivity index (χ1v) is 5.25. The molecule has 0 unspecified atom stereocenters. The SMILES string of the molecule is N#Cc1ccc(CNCCOCCO)cc1. The van der Waals surface area contributed by atoms with E-state index >= 15 is 0 Å². The molecule has 0 fully saturated rings. The van der Waals surface area contributed by atoms with Crippen molar-refractivity contribution < 1.29 is 9.84 Å². The van der Waals surface area contributed by atoms with Crippen molar-refractivity contribution in [3.63, 3.8) is 0 Å². The lowest BCUT2D eigenvalue weighted by atomic mass is 10.1. The molecule has 1 rings (SSSR count). The number of aliphatic hydroxyl groups is 1. The van der Waals surface area contributed by atoms with Crippen molar-refractivity contribution in [2.24, 2.45) is 0 Å². The van der Waals surface area contributed by atoms with Crippen molar-refractivity contribution in [1.82, 2.24) is 5.32 Å². The van der Waals surface area contributed by atoms with E-state index in [9.17, 15) is 0 Å². The van der Waals surface area contributed by atoms with Gasteiger partial charge < -0.3 is 15.2 Å². The number of hydrogen-bond donors (Lipinski definition) is 2. The van der Waals surface area contributed by atoms with E-state index < -0.39 is 0 Å². The second-order valence-corrected chi connectivity index (χ2v) is 3.32. The third kappa shape index (κ3) is 4.89. The normalized spacial score (nSPS) is 10.0. The molecular formula is C12H16N2O2. The quantitative estimate of drug-likeness (QED) is 0.662. The summed E-state index contributed by atoms with van der Waals surface area (Å²) in [5.74, 6) is 0. The maximum atomic E-state index is 8.62. The number of rotatable bonds is 7. The number of nitrogens with zero attached hydrogens (tertiary/aromatic N) is 1. The highest BCUT2D eigenvalue weighted by Crippen LogP contribution is 2.02. The van der Waals surface area contributed by atoms with E-state index in [0.29, 0.717) is 18.8 Å². The van der Waals surface area contributed by atoms with Gasteiger partial charge in [0.2, 0.25) is 0 Å². The van der Waals surface area contributed by atoms with Crippen LogP contribution in [0.5, 0.6) is 0 Å². The van der Waals surface area contributed by atoms with Crippen LogP contribution in [0, 0.1) is 11.3 Å². The minimum atomic E-state index is 0.0651. The molecule has 16 heavy (non-hydrogen) atoms. The van der Waals surface area contributed by atoms with Gasteiger partial charge in [0.1, 0.15) is 0 Å². The zero-order valence-electron chi connectivity index (χ0n) is 9.15. The van der Waals surface area contributed by atoms with Crippen molar-refractivity contribution in [2.75, 3.05) is 26.4 Å². The van der Waals surface area contributed by atoms with Crippen molar-refractivity contribution >= 4 is 0 Å². The maximum absolute atomic E-state index is 8.62. The minimum Gasteiger partial charge on any atom is -0.394 e. The maximum Gasteiger partial charge on any atom is 0.0991 e. The van der Waals surface area contributed by atoms with Crippen LogP contribution in [0.25, 0.3) is 0 Å². The molecule has 2 N–H and O–H groups in total. The highest BCUT2D eigenvalue weighted by molar-refractivity contribution is 5.31. The van der Waals surface area contributed by atoms with E-state index in [1.54, 1.807) is 12.1 Å². The predicted octanol–water partition coefficient (Wildman–Crippen LogP) is 0.657. The highest BCUT2D eigenvalue weighted by Gasteiger charge is 1.93. The molecule has 0 heterocycles. The molecule has 1 aromatic carbocycles. The lowest BCUT2D eigenvalue weighted by molar-refractivity contribution is 0.0938. The molecule has 1 aromatic rings. The average molecular weight is 220 g/mol. The Morgan fingerprint density at radius 2 is 2.00 bits per heavy atom. The Morgan fingerprint density at radius 1 is 1.25 bits per heavy atom. The molecule has 0 spiro atoms. The smallest absolute Gasteiger partial charge is 0.0991 e. The molecule has 0 amide bonds. The van der Waals surface area contributed by atoms with Gasteiger partial charge in [-0.15, -0.1) is 0 Å². The van der Waals surface area contributed by atoms with E-state index in [4.69, 9.17) is 15.1 Å². The van der Waals surface area contributed by atoms with Gasteiger partial charge in [0.15, 0.2) is 0 Å². The van der Waals surface area contributed by atoms with Gasteiger partial charge in [-0.3, -0.25) is 0 Å². The molecule has 86 valence electrons. The summed E-state index contributed by atoms with van der Waals surface area (Å²) in [6.07, 6.45) is 0. The number of ether oxygens (including phenoxy) is 1. The molecule has 0 bridgehead atoms. The Bertz CT molecular complexity index is 330. The first-order chi connectivity index (χ1) is 7.86. The monoisotopic (exact) mass is 220 g/mol. The Balaban J connectivity index is 2.15. The van der Waals surface area contributed by atoms with E-state index in [-0.39, 0.29) is 6.61 Å². The van der Waals surface area contributed by atoms with Crippen molar-refractivity contribution in [1.29, 1.82) is 5.26 Å². The fourth-order valence-corrected chi connectivity index (χ4v) is 1.24. The molecule has 0 aliphatic heterocycles. The van der Waals surface area contributed by atoms with Crippen LogP contribution >= 0.6 is 0 Å². The summed E-state index contributed by atoms with van der Waals surface area (Å²) in [7, 11) is 0. The molecule has 0 saturated heterocycles. The van der Waals surface area contributed by atoms with Crippen molar-refractivity contribution in [3.05, 3.63) is 35.4 Å². The summed E-state index contributed by atoms with van der Waals surface area (Å²) in [6, 6.07) is 9.55. The molecule has 0 aliphatic carbocycles. The molecule has 4 nitrogen and oxygen atoms in total. The van der Waals surface area contributed by atoms with Gasteiger partial charge in [0.05, 0.1) is 31.5 Å². The molecule has 0 atom stereocenters. The number of nitrogens with one attached hydrogen (secondary N) is 1. The van der Waals surface area contributed by atoms with Crippen LogP contribution in [0.2, 0.25) is 0 Å². The highest BCUT2D eigenvalue weighted by atomic mass is 16.5. The molecule has 0 aromatic heterocycles. The van der Waals surface area contributed by atoms with Crippen LogP contribution in [0.1, 0.15) is 11.1 Å². The van der Waals surface area contributed by atoms with Gasteiger partial charge in [0, 0.05) is 13.1 Å². The molecule has 4 heteroatoms. The molecule has 0 saturated carbocycles. The van der Waals surface area contributed by atoms with Gasteiger partial charge >= 0.3 is 0 Å². The second-order valence-electron chi connectivity index (χ2n) is 3.32. The molecule has 0 aliphatic rings. The first-order valence-electron chi connectivity index (χ1n) is 5.25. The standard InChI is InChI=1S/C12H16N2O2/c13-9-11-1-3-12(4-2-11)10-14-5-7-16-8-6-15/h1-4,14-15H,5-8,10H2. The minimum absolute atomic E-state index is 0.0651. The zero-order chi connectivity index (χ0) is 11.6. The number of hydrogen-bond acceptors (Lipinski definition) is 4. The van der Waals surface area contributed by atoms with E-state index in [1.807, 2.05) is 12.1 Å². The first kappa shape index (κ1) is 12.7. The van der Waals surface area contributed by atoms with Crippen LogP contribution in [0.15, 0.2) is 24.3 Å². The van der Waals surface area contributed by atoms with E-state index in [2.05, 4.69) is 11.4 Å². The van der Waals surface area contributed by atoms with Crippen LogP contribution in [-0.4, -0.2) is 31.5 Å². The van der Waals surface area contributed by atoms with Crippen molar-refractivity contribution in [3.8, 4) is 6.07 Å². The fourth-order valence-electron chi connectivity index (χ4n) is 1.24. The Morgan fingerprint density at radius 3 is 2.62 bits per heavy atom. The van der Waals surface area contributed by atoms with Crippen LogP contribution in [0.3, 0.4) is 0 Å². The van der Waals surface area contributed by atoms with Crippen LogP contribution < -0.4 is 5.32 Å². The summed E-state index contributed by atoms with van der Waals surface area (Å²) < 4.78 is 5.10. The topological polar surface area (TPSA) is 65.3 Å². The van der Waals surface area contributed by atoms with Gasteiger partial charge in [-0.2, -0.15) is 5.26 Å². The van der Waals surface area contributed by atoms with Gasteiger partial charge in [-0.25, -0.2) is 0 Å². The zero-order valence-corrected chi connectivity index (χ0v) is 9.15. The van der Waals surface area contributed by atoms with Crippen molar-refractivity contribution in [2.45, 2.75) is 6.54 Å². The van der Waals surface area contributed by atoms with E-state index in [0.717, 1.165) is 18.7 Å². The Hall–Kier alpha value is -1.41. The van der Waals surface area contributed by atoms with Crippen LogP contribution in [-0.2, 0) is 11.3 Å². The largest absolute Gasteiger partial charge is 0.394 e. The summed E-state index contributed by atoms with van der Waals surface area (Å²) in [4.78, 5) is 0. The average Bonchev–Trinajstić information content (AvgIpc) is 2.34. The third-order valence-electron chi connectivity index (χ3n) is 2.07. The summed E-state index contributed by atoms with van der Waals surface area (Å²) in [5.41, 5.74) is 1.82. The second kappa shape index (κ2) is 7.83. The lowest BCUT2D eigenvalue weighted by Crippen LogP contribution is -2.19. The fraction of sp³-hybridized carbons (Fsp3) is 0.417.